The van der Waals surface area contributed by atoms with E-state index in [-0.39, 0.29) is 18.0 Å². The van der Waals surface area contributed by atoms with E-state index >= 15 is 0 Å². The molecular weight excluding hydrogens is 288 g/mol. The number of nitro groups is 2. The van der Waals surface area contributed by atoms with Crippen LogP contribution in [-0.2, 0) is 6.61 Å². The lowest BCUT2D eigenvalue weighted by atomic mass is 10.1. The summed E-state index contributed by atoms with van der Waals surface area (Å²) in [7, 11) is 0. The molecule has 2 rings (SSSR count). The summed E-state index contributed by atoms with van der Waals surface area (Å²) in [5.41, 5.74) is 0.849. The third-order valence-electron chi connectivity index (χ3n) is 3.35. The molecule has 7 nitrogen and oxygen atoms in total. The van der Waals surface area contributed by atoms with Crippen molar-refractivity contribution < 1.29 is 14.6 Å². The van der Waals surface area contributed by atoms with Gasteiger partial charge in [-0.15, -0.1) is 0 Å². The highest BCUT2D eigenvalue weighted by Crippen LogP contribution is 2.41. The summed E-state index contributed by atoms with van der Waals surface area (Å²) in [6.45, 7) is 3.16. The van der Waals surface area contributed by atoms with Crippen molar-refractivity contribution >= 4 is 11.4 Å². The minimum absolute atomic E-state index is 0.0189. The summed E-state index contributed by atoms with van der Waals surface area (Å²) in [5, 5.41) is 22.5. The summed E-state index contributed by atoms with van der Waals surface area (Å²) >= 11 is 0. The van der Waals surface area contributed by atoms with Crippen LogP contribution in [0.15, 0.2) is 36.4 Å². The second kappa shape index (κ2) is 6.21. The Bertz CT molecular complexity index is 728. The van der Waals surface area contributed by atoms with Crippen LogP contribution in [0.5, 0.6) is 5.75 Å². The fraction of sp³-hybridized carbons (Fsp3) is 0.200. The topological polar surface area (TPSA) is 95.5 Å². The summed E-state index contributed by atoms with van der Waals surface area (Å²) < 4.78 is 5.43. The van der Waals surface area contributed by atoms with Gasteiger partial charge in [0.2, 0.25) is 0 Å². The van der Waals surface area contributed by atoms with Gasteiger partial charge in [0.15, 0.2) is 0 Å². The number of hydrogen-bond donors (Lipinski definition) is 0. The maximum atomic E-state index is 11.3. The number of hydrogen-bond acceptors (Lipinski definition) is 5. The van der Waals surface area contributed by atoms with E-state index in [2.05, 4.69) is 0 Å². The average Bonchev–Trinajstić information content (AvgIpc) is 2.48. The van der Waals surface area contributed by atoms with Gasteiger partial charge in [-0.25, -0.2) is 0 Å². The fourth-order valence-corrected chi connectivity index (χ4v) is 2.08. The molecule has 0 bridgehead atoms. The number of rotatable bonds is 5. The van der Waals surface area contributed by atoms with Gasteiger partial charge in [-0.3, -0.25) is 20.2 Å². The molecule has 0 spiro atoms. The SMILES string of the molecule is Cc1cc([N+](=O)[O-])c(OCc2ccccc2)c([N+](=O)[O-])c1C. The van der Waals surface area contributed by atoms with Crippen molar-refractivity contribution in [3.8, 4) is 5.75 Å². The molecule has 0 atom stereocenters. The van der Waals surface area contributed by atoms with Gasteiger partial charge in [0.1, 0.15) is 6.61 Å². The Morgan fingerprint density at radius 2 is 1.68 bits per heavy atom. The molecular formula is C15H14N2O5. The largest absolute Gasteiger partial charge is 0.477 e. The fourth-order valence-electron chi connectivity index (χ4n) is 2.08. The molecule has 0 fully saturated rings. The highest BCUT2D eigenvalue weighted by molar-refractivity contribution is 5.66. The molecule has 0 aliphatic heterocycles. The molecule has 0 aromatic heterocycles. The summed E-state index contributed by atoms with van der Waals surface area (Å²) in [6.07, 6.45) is 0. The van der Waals surface area contributed by atoms with E-state index < -0.39 is 15.5 Å². The number of ether oxygens (including phenoxy) is 1. The van der Waals surface area contributed by atoms with Gasteiger partial charge >= 0.3 is 11.4 Å². The third-order valence-corrected chi connectivity index (χ3v) is 3.35. The van der Waals surface area contributed by atoms with Crippen molar-refractivity contribution in [3.63, 3.8) is 0 Å². The Morgan fingerprint density at radius 3 is 2.23 bits per heavy atom. The third kappa shape index (κ3) is 3.03. The molecule has 0 aliphatic rings. The molecule has 0 N–H and O–H groups in total. The number of nitro benzene ring substituents is 2. The second-order valence-corrected chi connectivity index (χ2v) is 4.80. The van der Waals surface area contributed by atoms with E-state index in [9.17, 15) is 20.2 Å². The van der Waals surface area contributed by atoms with Gasteiger partial charge < -0.3 is 4.74 Å². The van der Waals surface area contributed by atoms with Crippen LogP contribution in [0.2, 0.25) is 0 Å². The molecule has 0 amide bonds. The molecule has 0 aliphatic carbocycles. The zero-order valence-electron chi connectivity index (χ0n) is 12.1. The smallest absolute Gasteiger partial charge is 0.321 e. The van der Waals surface area contributed by atoms with E-state index in [0.29, 0.717) is 11.1 Å². The minimum atomic E-state index is -0.667. The van der Waals surface area contributed by atoms with Gasteiger partial charge in [-0.2, -0.15) is 0 Å². The average molecular weight is 302 g/mol. The Kier molecular flexibility index (Phi) is 4.36. The van der Waals surface area contributed by atoms with Gasteiger partial charge in [0.05, 0.1) is 9.85 Å². The van der Waals surface area contributed by atoms with Crippen molar-refractivity contribution in [2.75, 3.05) is 0 Å². The standard InChI is InChI=1S/C15H14N2O5/c1-10-8-13(16(18)19)15(14(11(10)2)17(20)21)22-9-12-6-4-3-5-7-12/h3-8H,9H2,1-2H3. The van der Waals surface area contributed by atoms with Crippen LogP contribution in [0.25, 0.3) is 0 Å². The molecule has 2 aromatic rings. The molecule has 0 saturated heterocycles. The van der Waals surface area contributed by atoms with Crippen LogP contribution in [-0.4, -0.2) is 9.85 Å². The first-order chi connectivity index (χ1) is 10.4. The van der Waals surface area contributed by atoms with E-state index in [1.165, 1.54) is 6.07 Å². The van der Waals surface area contributed by atoms with E-state index in [0.717, 1.165) is 5.56 Å². The number of benzene rings is 2. The second-order valence-electron chi connectivity index (χ2n) is 4.80. The van der Waals surface area contributed by atoms with Crippen molar-refractivity contribution in [2.24, 2.45) is 0 Å². The molecule has 2 aromatic carbocycles. The zero-order chi connectivity index (χ0) is 16.3. The number of nitrogens with zero attached hydrogens (tertiary/aromatic N) is 2. The quantitative estimate of drug-likeness (QED) is 0.619. The molecule has 0 unspecified atom stereocenters. The van der Waals surface area contributed by atoms with Crippen molar-refractivity contribution in [3.05, 3.63) is 73.3 Å². The van der Waals surface area contributed by atoms with E-state index in [4.69, 9.17) is 4.74 Å². The zero-order valence-corrected chi connectivity index (χ0v) is 12.1. The molecule has 0 saturated carbocycles. The van der Waals surface area contributed by atoms with Crippen molar-refractivity contribution in [1.82, 2.24) is 0 Å². The molecule has 22 heavy (non-hydrogen) atoms. The van der Waals surface area contributed by atoms with Crippen LogP contribution in [0.4, 0.5) is 11.4 Å². The van der Waals surface area contributed by atoms with Crippen LogP contribution >= 0.6 is 0 Å². The first-order valence-electron chi connectivity index (χ1n) is 6.51. The molecule has 0 radical (unpaired) electrons. The normalized spacial score (nSPS) is 10.3. The lowest BCUT2D eigenvalue weighted by Gasteiger charge is -2.10. The first kappa shape index (κ1) is 15.4. The monoisotopic (exact) mass is 302 g/mol. The summed E-state index contributed by atoms with van der Waals surface area (Å²) in [4.78, 5) is 21.1. The Morgan fingerprint density at radius 1 is 1.05 bits per heavy atom. The predicted molar refractivity (Wildman–Crippen MR) is 80.0 cm³/mol. The van der Waals surface area contributed by atoms with E-state index in [1.54, 1.807) is 38.1 Å². The van der Waals surface area contributed by atoms with Gasteiger partial charge in [-0.1, -0.05) is 30.3 Å². The van der Waals surface area contributed by atoms with Crippen LogP contribution in [0.1, 0.15) is 16.7 Å². The van der Waals surface area contributed by atoms with Crippen molar-refractivity contribution in [1.29, 1.82) is 0 Å². The lowest BCUT2D eigenvalue weighted by Crippen LogP contribution is -2.05. The predicted octanol–water partition coefficient (Wildman–Crippen LogP) is 3.70. The highest BCUT2D eigenvalue weighted by Gasteiger charge is 2.30. The van der Waals surface area contributed by atoms with E-state index in [1.807, 2.05) is 6.07 Å². The minimum Gasteiger partial charge on any atom is -0.477 e. The number of aryl methyl sites for hydroxylation is 1. The first-order valence-corrected chi connectivity index (χ1v) is 6.51. The molecule has 7 heteroatoms. The Labute approximate surface area is 126 Å². The van der Waals surface area contributed by atoms with Gasteiger partial charge in [0, 0.05) is 11.6 Å². The molecule has 114 valence electrons. The maximum absolute atomic E-state index is 11.3. The highest BCUT2D eigenvalue weighted by atomic mass is 16.6. The lowest BCUT2D eigenvalue weighted by molar-refractivity contribution is -0.396. The maximum Gasteiger partial charge on any atom is 0.321 e. The van der Waals surface area contributed by atoms with Gasteiger partial charge in [0.25, 0.3) is 5.75 Å². The Hall–Kier alpha value is -2.96. The summed E-state index contributed by atoms with van der Waals surface area (Å²) in [6, 6.07) is 10.3. The van der Waals surface area contributed by atoms with Crippen LogP contribution in [0.3, 0.4) is 0 Å². The Balaban J connectivity index is 2.49. The summed E-state index contributed by atoms with van der Waals surface area (Å²) in [5.74, 6) is -0.304. The van der Waals surface area contributed by atoms with Crippen LogP contribution in [0, 0.1) is 34.1 Å². The van der Waals surface area contributed by atoms with Crippen LogP contribution < -0.4 is 4.74 Å². The molecule has 0 heterocycles. The van der Waals surface area contributed by atoms with Gasteiger partial charge in [-0.05, 0) is 25.0 Å². The van der Waals surface area contributed by atoms with Crippen molar-refractivity contribution in [2.45, 2.75) is 20.5 Å².